The minimum absolute atomic E-state index is 0.0816. The largest absolute Gasteiger partial charge is 0.375 e. The Labute approximate surface area is 174 Å². The van der Waals surface area contributed by atoms with Gasteiger partial charge in [-0.1, -0.05) is 30.3 Å². The van der Waals surface area contributed by atoms with Gasteiger partial charge in [0.15, 0.2) is 0 Å². The number of anilines is 1. The highest BCUT2D eigenvalue weighted by atomic mass is 32.2. The highest BCUT2D eigenvalue weighted by Gasteiger charge is 2.16. The van der Waals surface area contributed by atoms with Crippen molar-refractivity contribution in [2.75, 3.05) is 31.6 Å². The molecule has 2 aromatic rings. The summed E-state index contributed by atoms with van der Waals surface area (Å²) in [5, 5.41) is 2.85. The van der Waals surface area contributed by atoms with Crippen LogP contribution in [0.5, 0.6) is 0 Å². The molecule has 7 heteroatoms. The lowest BCUT2D eigenvalue weighted by Gasteiger charge is -2.19. The van der Waals surface area contributed by atoms with E-state index in [2.05, 4.69) is 34.1 Å². The number of hydrogen-bond acceptors (Lipinski definition) is 4. The van der Waals surface area contributed by atoms with Crippen LogP contribution in [0.3, 0.4) is 0 Å². The second-order valence-electron chi connectivity index (χ2n) is 7.23. The number of carbonyl (C=O) groups excluding carboxylic acids is 1. The van der Waals surface area contributed by atoms with Crippen LogP contribution in [0.1, 0.15) is 30.4 Å². The van der Waals surface area contributed by atoms with Crippen LogP contribution in [0.2, 0.25) is 0 Å². The highest BCUT2D eigenvalue weighted by molar-refractivity contribution is 7.89. The molecule has 0 saturated heterocycles. The zero-order valence-corrected chi connectivity index (χ0v) is 18.3. The summed E-state index contributed by atoms with van der Waals surface area (Å²) in [6.07, 6.45) is 1.95. The van der Waals surface area contributed by atoms with Crippen molar-refractivity contribution in [3.8, 4) is 0 Å². The molecule has 29 heavy (non-hydrogen) atoms. The maximum absolute atomic E-state index is 12.4. The molecule has 0 fully saturated rings. The predicted molar refractivity (Wildman–Crippen MR) is 118 cm³/mol. The summed E-state index contributed by atoms with van der Waals surface area (Å²) in [4.78, 5) is 14.4. The average molecular weight is 418 g/mol. The highest BCUT2D eigenvalue weighted by Crippen LogP contribution is 2.16. The molecule has 0 unspecified atom stereocenters. The topological polar surface area (TPSA) is 78.5 Å². The SMILES string of the molecule is Cc1ccc(C)c(S(=O)(=O)NCCC(=O)NCCCCN(C)c2ccccc2)c1. The van der Waals surface area contributed by atoms with E-state index in [4.69, 9.17) is 0 Å². The molecule has 0 saturated carbocycles. The first kappa shape index (κ1) is 22.9. The Hall–Kier alpha value is -2.38. The van der Waals surface area contributed by atoms with E-state index in [1.165, 1.54) is 5.69 Å². The zero-order valence-electron chi connectivity index (χ0n) is 17.4. The Morgan fingerprint density at radius 3 is 2.45 bits per heavy atom. The number of nitrogens with one attached hydrogen (secondary N) is 2. The van der Waals surface area contributed by atoms with Gasteiger partial charge >= 0.3 is 0 Å². The van der Waals surface area contributed by atoms with Gasteiger partial charge in [-0.3, -0.25) is 4.79 Å². The minimum Gasteiger partial charge on any atom is -0.375 e. The molecule has 0 aliphatic heterocycles. The van der Waals surface area contributed by atoms with Gasteiger partial charge in [0, 0.05) is 38.8 Å². The predicted octanol–water partition coefficient (Wildman–Crippen LogP) is 3.00. The van der Waals surface area contributed by atoms with Gasteiger partial charge in [-0.05, 0) is 56.0 Å². The van der Waals surface area contributed by atoms with Gasteiger partial charge in [-0.2, -0.15) is 0 Å². The van der Waals surface area contributed by atoms with Crippen molar-refractivity contribution >= 4 is 21.6 Å². The number of amides is 1. The van der Waals surface area contributed by atoms with Crippen LogP contribution in [0, 0.1) is 13.8 Å². The van der Waals surface area contributed by atoms with E-state index in [-0.39, 0.29) is 23.8 Å². The zero-order chi connectivity index (χ0) is 21.3. The summed E-state index contributed by atoms with van der Waals surface area (Å²) < 4.78 is 27.4. The Morgan fingerprint density at radius 2 is 1.72 bits per heavy atom. The summed E-state index contributed by atoms with van der Waals surface area (Å²) in [5.41, 5.74) is 2.74. The maximum atomic E-state index is 12.4. The monoisotopic (exact) mass is 417 g/mol. The Balaban J connectivity index is 1.64. The molecular weight excluding hydrogens is 386 g/mol. The first-order valence-corrected chi connectivity index (χ1v) is 11.4. The molecule has 0 atom stereocenters. The van der Waals surface area contributed by atoms with Crippen LogP contribution >= 0.6 is 0 Å². The Bertz CT molecular complexity index is 899. The van der Waals surface area contributed by atoms with E-state index in [0.29, 0.717) is 12.1 Å². The third-order valence-corrected chi connectivity index (χ3v) is 6.32. The van der Waals surface area contributed by atoms with E-state index in [1.807, 2.05) is 31.2 Å². The van der Waals surface area contributed by atoms with Crippen LogP contribution in [-0.4, -0.2) is 41.0 Å². The van der Waals surface area contributed by atoms with Gasteiger partial charge in [-0.15, -0.1) is 0 Å². The number of benzene rings is 2. The number of sulfonamides is 1. The summed E-state index contributed by atoms with van der Waals surface area (Å²) in [6, 6.07) is 15.5. The lowest BCUT2D eigenvalue weighted by atomic mass is 10.2. The number of carbonyl (C=O) groups is 1. The third kappa shape index (κ3) is 7.51. The summed E-state index contributed by atoms with van der Waals surface area (Å²) in [6.45, 7) is 5.19. The van der Waals surface area contributed by atoms with Gasteiger partial charge in [-0.25, -0.2) is 13.1 Å². The van der Waals surface area contributed by atoms with Crippen molar-refractivity contribution in [2.45, 2.75) is 38.0 Å². The summed E-state index contributed by atoms with van der Waals surface area (Å²) in [5.74, 6) is -0.148. The van der Waals surface area contributed by atoms with Crippen LogP contribution in [0.15, 0.2) is 53.4 Å². The number of hydrogen-bond donors (Lipinski definition) is 2. The van der Waals surface area contributed by atoms with Crippen molar-refractivity contribution in [2.24, 2.45) is 0 Å². The lowest BCUT2D eigenvalue weighted by molar-refractivity contribution is -0.120. The molecule has 0 aromatic heterocycles. The Morgan fingerprint density at radius 1 is 1.00 bits per heavy atom. The smallest absolute Gasteiger partial charge is 0.240 e. The summed E-state index contributed by atoms with van der Waals surface area (Å²) >= 11 is 0. The maximum Gasteiger partial charge on any atom is 0.240 e. The van der Waals surface area contributed by atoms with Crippen molar-refractivity contribution < 1.29 is 13.2 Å². The van der Waals surface area contributed by atoms with E-state index in [1.54, 1.807) is 19.1 Å². The number of rotatable bonds is 11. The van der Waals surface area contributed by atoms with Crippen molar-refractivity contribution in [3.05, 3.63) is 59.7 Å². The molecule has 1 amide bonds. The Kier molecular flexibility index (Phi) is 8.67. The van der Waals surface area contributed by atoms with E-state index < -0.39 is 10.0 Å². The second-order valence-corrected chi connectivity index (χ2v) is 8.97. The molecule has 2 N–H and O–H groups in total. The number of unbranched alkanes of at least 4 members (excludes halogenated alkanes) is 1. The normalized spacial score (nSPS) is 11.3. The molecule has 0 aliphatic carbocycles. The van der Waals surface area contributed by atoms with Gasteiger partial charge in [0.25, 0.3) is 0 Å². The first-order valence-electron chi connectivity index (χ1n) is 9.89. The lowest BCUT2D eigenvalue weighted by Crippen LogP contribution is -2.31. The molecule has 158 valence electrons. The van der Waals surface area contributed by atoms with E-state index >= 15 is 0 Å². The van der Waals surface area contributed by atoms with Crippen LogP contribution in [-0.2, 0) is 14.8 Å². The fourth-order valence-corrected chi connectivity index (χ4v) is 4.33. The quantitative estimate of drug-likeness (QED) is 0.551. The fraction of sp³-hybridized carbons (Fsp3) is 0.409. The van der Waals surface area contributed by atoms with E-state index in [9.17, 15) is 13.2 Å². The van der Waals surface area contributed by atoms with Crippen LogP contribution < -0.4 is 14.9 Å². The molecule has 0 radical (unpaired) electrons. The second kappa shape index (κ2) is 11.0. The van der Waals surface area contributed by atoms with Crippen LogP contribution in [0.4, 0.5) is 5.69 Å². The molecule has 2 aromatic carbocycles. The van der Waals surface area contributed by atoms with Crippen molar-refractivity contribution in [1.29, 1.82) is 0 Å². The molecular formula is C22H31N3O3S. The molecule has 0 heterocycles. The molecule has 0 bridgehead atoms. The first-order chi connectivity index (χ1) is 13.8. The van der Waals surface area contributed by atoms with E-state index in [0.717, 1.165) is 24.9 Å². The van der Waals surface area contributed by atoms with Crippen LogP contribution in [0.25, 0.3) is 0 Å². The molecule has 6 nitrogen and oxygen atoms in total. The van der Waals surface area contributed by atoms with Gasteiger partial charge < -0.3 is 10.2 Å². The standard InChI is InChI=1S/C22H31N3O3S/c1-18-11-12-19(2)21(17-18)29(27,28)24-15-13-22(26)23-14-7-8-16-25(3)20-9-5-4-6-10-20/h4-6,9-12,17,24H,7-8,13-16H2,1-3H3,(H,23,26). The van der Waals surface area contributed by atoms with Crippen molar-refractivity contribution in [1.82, 2.24) is 10.0 Å². The molecule has 2 rings (SSSR count). The van der Waals surface area contributed by atoms with Gasteiger partial charge in [0.05, 0.1) is 4.90 Å². The van der Waals surface area contributed by atoms with Gasteiger partial charge in [0.1, 0.15) is 0 Å². The minimum atomic E-state index is -3.61. The van der Waals surface area contributed by atoms with Gasteiger partial charge in [0.2, 0.25) is 15.9 Å². The average Bonchev–Trinajstić information content (AvgIpc) is 2.69. The third-order valence-electron chi connectivity index (χ3n) is 4.72. The number of nitrogens with zero attached hydrogens (tertiary/aromatic N) is 1. The molecule has 0 aliphatic rings. The fourth-order valence-electron chi connectivity index (χ4n) is 2.98. The number of para-hydroxylation sites is 1. The number of aryl methyl sites for hydroxylation is 2. The summed E-state index contributed by atoms with van der Waals surface area (Å²) in [7, 11) is -1.56. The molecule has 0 spiro atoms. The van der Waals surface area contributed by atoms with Crippen molar-refractivity contribution in [3.63, 3.8) is 0 Å².